The van der Waals surface area contributed by atoms with Crippen LogP contribution in [0.2, 0.25) is 19.6 Å². The van der Waals surface area contributed by atoms with E-state index in [1.807, 2.05) is 0 Å². The highest BCUT2D eigenvalue weighted by atomic mass is 28.4. The Morgan fingerprint density at radius 3 is 2.35 bits per heavy atom. The van der Waals surface area contributed by atoms with Gasteiger partial charge in [0.1, 0.15) is 0 Å². The van der Waals surface area contributed by atoms with Crippen molar-refractivity contribution in [2.24, 2.45) is 0 Å². The van der Waals surface area contributed by atoms with E-state index in [1.54, 1.807) is 0 Å². The van der Waals surface area contributed by atoms with E-state index in [0.717, 1.165) is 18.6 Å². The van der Waals surface area contributed by atoms with Crippen LogP contribution in [-0.4, -0.2) is 8.32 Å². The van der Waals surface area contributed by atoms with Gasteiger partial charge in [0.25, 0.3) is 0 Å². The summed E-state index contributed by atoms with van der Waals surface area (Å²) in [5, 5.41) is 0. The second kappa shape index (κ2) is 8.57. The number of unbranched alkanes of at least 4 members (excludes halogenated alkanes) is 2. The maximum absolute atomic E-state index is 5.83. The molecule has 0 aromatic heterocycles. The van der Waals surface area contributed by atoms with E-state index in [4.69, 9.17) is 4.43 Å². The average Bonchev–Trinajstić information content (AvgIpc) is 2.15. The molecule has 0 saturated heterocycles. The van der Waals surface area contributed by atoms with E-state index < -0.39 is 8.32 Å². The van der Waals surface area contributed by atoms with Crippen molar-refractivity contribution in [3.8, 4) is 0 Å². The Morgan fingerprint density at radius 1 is 1.18 bits per heavy atom. The number of hydrogen-bond donors (Lipinski definition) is 0. The van der Waals surface area contributed by atoms with Gasteiger partial charge in [-0.1, -0.05) is 38.0 Å². The van der Waals surface area contributed by atoms with Crippen LogP contribution >= 0.6 is 0 Å². The largest absolute Gasteiger partial charge is 0.548 e. The average molecular weight is 254 g/mol. The van der Waals surface area contributed by atoms with Crippen LogP contribution in [0.25, 0.3) is 0 Å². The second-order valence-corrected chi connectivity index (χ2v) is 10.2. The van der Waals surface area contributed by atoms with Gasteiger partial charge in [-0.2, -0.15) is 0 Å². The normalized spacial score (nSPS) is 12.6. The standard InChI is InChI=1S/C15H30OSi/c1-7-8-9-11-14(2)12-10-13-15(3)16-17(4,5)6/h12H,3,7-11,13H2,1-2,4-6H3/b14-12+. The molecule has 0 unspecified atom stereocenters. The highest BCUT2D eigenvalue weighted by Gasteiger charge is 2.16. The van der Waals surface area contributed by atoms with Crippen molar-refractivity contribution in [1.29, 1.82) is 0 Å². The Kier molecular flexibility index (Phi) is 8.31. The molecule has 0 bridgehead atoms. The molecule has 1 nitrogen and oxygen atoms in total. The summed E-state index contributed by atoms with van der Waals surface area (Å²) >= 11 is 0. The molecule has 0 atom stereocenters. The lowest BCUT2D eigenvalue weighted by Crippen LogP contribution is -2.24. The van der Waals surface area contributed by atoms with Gasteiger partial charge in [-0.05, 0) is 45.8 Å². The van der Waals surface area contributed by atoms with E-state index in [0.29, 0.717) is 0 Å². The molecule has 17 heavy (non-hydrogen) atoms. The van der Waals surface area contributed by atoms with Gasteiger partial charge in [-0.15, -0.1) is 0 Å². The fraction of sp³-hybridized carbons (Fsp3) is 0.733. The molecule has 0 saturated carbocycles. The molecule has 0 aromatic rings. The van der Waals surface area contributed by atoms with Crippen molar-refractivity contribution in [3.63, 3.8) is 0 Å². The van der Waals surface area contributed by atoms with Crippen LogP contribution < -0.4 is 0 Å². The van der Waals surface area contributed by atoms with E-state index in [1.165, 1.54) is 31.3 Å². The minimum atomic E-state index is -1.44. The lowest BCUT2D eigenvalue weighted by molar-refractivity contribution is 0.403. The summed E-state index contributed by atoms with van der Waals surface area (Å²) in [6.45, 7) is 15.1. The highest BCUT2D eigenvalue weighted by molar-refractivity contribution is 6.70. The zero-order valence-corrected chi connectivity index (χ0v) is 13.4. The Balaban J connectivity index is 3.74. The van der Waals surface area contributed by atoms with Crippen LogP contribution in [0, 0.1) is 0 Å². The van der Waals surface area contributed by atoms with Crippen LogP contribution in [0.4, 0.5) is 0 Å². The van der Waals surface area contributed by atoms with Crippen LogP contribution in [0.3, 0.4) is 0 Å². The third-order valence-electron chi connectivity index (χ3n) is 2.54. The van der Waals surface area contributed by atoms with Crippen molar-refractivity contribution in [1.82, 2.24) is 0 Å². The van der Waals surface area contributed by atoms with Gasteiger partial charge in [-0.25, -0.2) is 0 Å². The van der Waals surface area contributed by atoms with Gasteiger partial charge in [0.15, 0.2) is 0 Å². The molecule has 0 aromatic carbocycles. The molecule has 0 aliphatic heterocycles. The maximum atomic E-state index is 5.83. The Hall–Kier alpha value is -0.503. The predicted molar refractivity (Wildman–Crippen MR) is 80.7 cm³/mol. The molecule has 0 radical (unpaired) electrons. The summed E-state index contributed by atoms with van der Waals surface area (Å²) in [5.41, 5.74) is 1.51. The number of hydrogen-bond acceptors (Lipinski definition) is 1. The molecule has 0 heterocycles. The molecule has 100 valence electrons. The fourth-order valence-corrected chi connectivity index (χ4v) is 2.69. The highest BCUT2D eigenvalue weighted by Crippen LogP contribution is 2.15. The molecule has 0 N–H and O–H groups in total. The predicted octanol–water partition coefficient (Wildman–Crippen LogP) is 5.66. The fourth-order valence-electron chi connectivity index (χ4n) is 1.72. The molecular formula is C15H30OSi. The molecule has 0 aliphatic carbocycles. The minimum Gasteiger partial charge on any atom is -0.548 e. The van der Waals surface area contributed by atoms with Gasteiger partial charge in [-0.3, -0.25) is 0 Å². The second-order valence-electron chi connectivity index (χ2n) is 5.80. The summed E-state index contributed by atoms with van der Waals surface area (Å²) in [6, 6.07) is 0. The van der Waals surface area contributed by atoms with Crippen molar-refractivity contribution in [3.05, 3.63) is 24.0 Å². The van der Waals surface area contributed by atoms with Gasteiger partial charge < -0.3 is 4.43 Å². The topological polar surface area (TPSA) is 9.23 Å². The molecule has 0 amide bonds. The van der Waals surface area contributed by atoms with Gasteiger partial charge >= 0.3 is 0 Å². The Morgan fingerprint density at radius 2 is 1.82 bits per heavy atom. The zero-order chi connectivity index (χ0) is 13.3. The number of rotatable bonds is 9. The van der Waals surface area contributed by atoms with Crippen molar-refractivity contribution in [2.75, 3.05) is 0 Å². The van der Waals surface area contributed by atoms with Gasteiger partial charge in [0.2, 0.25) is 8.32 Å². The maximum Gasteiger partial charge on any atom is 0.241 e. The van der Waals surface area contributed by atoms with Crippen molar-refractivity contribution < 1.29 is 4.43 Å². The van der Waals surface area contributed by atoms with Crippen molar-refractivity contribution >= 4 is 8.32 Å². The van der Waals surface area contributed by atoms with Crippen LogP contribution in [-0.2, 0) is 4.43 Å². The molecule has 2 heteroatoms. The van der Waals surface area contributed by atoms with E-state index >= 15 is 0 Å². The first-order valence-corrected chi connectivity index (χ1v) is 10.3. The minimum absolute atomic E-state index is 0.960. The van der Waals surface area contributed by atoms with Crippen LogP contribution in [0.15, 0.2) is 24.0 Å². The molecule has 0 fully saturated rings. The lowest BCUT2D eigenvalue weighted by atomic mass is 10.1. The first kappa shape index (κ1) is 16.5. The quantitative estimate of drug-likeness (QED) is 0.223. The van der Waals surface area contributed by atoms with E-state index in [9.17, 15) is 0 Å². The first-order chi connectivity index (χ1) is 7.85. The van der Waals surface area contributed by atoms with Gasteiger partial charge in [0.05, 0.1) is 5.76 Å². The lowest BCUT2D eigenvalue weighted by Gasteiger charge is -2.20. The third kappa shape index (κ3) is 11.8. The molecule has 0 aliphatic rings. The summed E-state index contributed by atoms with van der Waals surface area (Å²) in [4.78, 5) is 0. The number of allylic oxidation sites excluding steroid dienone is 3. The van der Waals surface area contributed by atoms with Crippen LogP contribution in [0.5, 0.6) is 0 Å². The van der Waals surface area contributed by atoms with E-state index in [-0.39, 0.29) is 0 Å². The summed E-state index contributed by atoms with van der Waals surface area (Å²) in [7, 11) is -1.44. The monoisotopic (exact) mass is 254 g/mol. The molecule has 0 spiro atoms. The zero-order valence-electron chi connectivity index (χ0n) is 12.4. The SMILES string of the molecule is C=C(CC/C=C(\C)CCCCC)O[Si](C)(C)C. The molecule has 0 rings (SSSR count). The van der Waals surface area contributed by atoms with Crippen molar-refractivity contribution in [2.45, 2.75) is 72.0 Å². The Labute approximate surface area is 109 Å². The van der Waals surface area contributed by atoms with E-state index in [2.05, 4.69) is 46.1 Å². The summed E-state index contributed by atoms with van der Waals surface area (Å²) in [6.07, 6.45) is 9.59. The Bertz CT molecular complexity index is 248. The van der Waals surface area contributed by atoms with Gasteiger partial charge in [0, 0.05) is 6.42 Å². The summed E-state index contributed by atoms with van der Waals surface area (Å²) < 4.78 is 5.83. The van der Waals surface area contributed by atoms with Crippen LogP contribution in [0.1, 0.15) is 52.4 Å². The first-order valence-electron chi connectivity index (χ1n) is 6.87. The molecular weight excluding hydrogens is 224 g/mol. The summed E-state index contributed by atoms with van der Waals surface area (Å²) in [5.74, 6) is 0.960. The third-order valence-corrected chi connectivity index (χ3v) is 3.44. The smallest absolute Gasteiger partial charge is 0.241 e.